The maximum Gasteiger partial charge on any atom is 0.295 e. The molecule has 2 rings (SSSR count). The van der Waals surface area contributed by atoms with Crippen molar-refractivity contribution in [1.82, 2.24) is 19.2 Å². The van der Waals surface area contributed by atoms with Crippen LogP contribution < -0.4 is 11.3 Å². The Balaban J connectivity index is 2.43. The molecule has 1 unspecified atom stereocenters. The average molecular weight is 235 g/mol. The van der Waals surface area contributed by atoms with Gasteiger partial charge in [-0.2, -0.15) is 0 Å². The van der Waals surface area contributed by atoms with Gasteiger partial charge >= 0.3 is 0 Å². The highest BCUT2D eigenvalue weighted by molar-refractivity contribution is 5.35. The molecule has 0 spiro atoms. The zero-order chi connectivity index (χ0) is 12.4. The van der Waals surface area contributed by atoms with E-state index in [1.54, 1.807) is 23.8 Å². The van der Waals surface area contributed by atoms with E-state index in [0.29, 0.717) is 11.5 Å². The van der Waals surface area contributed by atoms with E-state index < -0.39 is 0 Å². The topological polar surface area (TPSA) is 78.2 Å². The Labute approximate surface area is 99.1 Å². The van der Waals surface area contributed by atoms with Crippen LogP contribution in [-0.2, 0) is 7.05 Å². The van der Waals surface area contributed by atoms with Crippen molar-refractivity contribution < 1.29 is 0 Å². The molecule has 6 heteroatoms. The fraction of sp³-hybridized carbons (Fsp3) is 0.545. The maximum atomic E-state index is 11.8. The summed E-state index contributed by atoms with van der Waals surface area (Å²) in [4.78, 5) is 11.8. The third-order valence-electron chi connectivity index (χ3n) is 2.87. The van der Waals surface area contributed by atoms with Crippen LogP contribution in [0.3, 0.4) is 0 Å². The minimum absolute atomic E-state index is 0.158. The molecule has 1 atom stereocenters. The van der Waals surface area contributed by atoms with Gasteiger partial charge in [0.05, 0.1) is 6.04 Å². The summed E-state index contributed by atoms with van der Waals surface area (Å²) in [5.74, 6) is 0.658. The van der Waals surface area contributed by atoms with Crippen LogP contribution in [-0.4, -0.2) is 19.2 Å². The number of rotatable bonds is 4. The first-order chi connectivity index (χ1) is 8.15. The SMILES string of the molecule is CCCCC(N)c1nnc2c(=O)n(C)ccn12. The molecule has 2 aromatic rings. The lowest BCUT2D eigenvalue weighted by Gasteiger charge is -2.08. The van der Waals surface area contributed by atoms with E-state index in [1.165, 1.54) is 4.57 Å². The molecule has 0 fully saturated rings. The van der Waals surface area contributed by atoms with Gasteiger partial charge in [0.2, 0.25) is 5.65 Å². The molecule has 0 bridgehead atoms. The second-order valence-corrected chi connectivity index (χ2v) is 4.21. The third kappa shape index (κ3) is 2.08. The molecule has 0 aliphatic carbocycles. The monoisotopic (exact) mass is 235 g/mol. The molecular formula is C11H17N5O. The maximum absolute atomic E-state index is 11.8. The van der Waals surface area contributed by atoms with Crippen molar-refractivity contribution in [3.63, 3.8) is 0 Å². The Morgan fingerprint density at radius 3 is 2.88 bits per heavy atom. The van der Waals surface area contributed by atoms with Gasteiger partial charge in [0, 0.05) is 19.4 Å². The van der Waals surface area contributed by atoms with Crippen LogP contribution in [0.25, 0.3) is 5.65 Å². The van der Waals surface area contributed by atoms with Crippen LogP contribution in [0.15, 0.2) is 17.2 Å². The zero-order valence-corrected chi connectivity index (χ0v) is 10.1. The van der Waals surface area contributed by atoms with Crippen molar-refractivity contribution in [3.8, 4) is 0 Å². The summed E-state index contributed by atoms with van der Waals surface area (Å²) >= 11 is 0. The van der Waals surface area contributed by atoms with E-state index in [0.717, 1.165) is 19.3 Å². The number of nitrogens with zero attached hydrogens (tertiary/aromatic N) is 4. The lowest BCUT2D eigenvalue weighted by molar-refractivity contribution is 0.569. The standard InChI is InChI=1S/C11H17N5O/c1-3-4-5-8(12)9-13-14-10-11(17)15(2)6-7-16(9)10/h6-8H,3-5,12H2,1-2H3. The van der Waals surface area contributed by atoms with E-state index in [-0.39, 0.29) is 11.6 Å². The van der Waals surface area contributed by atoms with Crippen LogP contribution in [0.1, 0.15) is 38.1 Å². The minimum atomic E-state index is -0.169. The molecule has 0 radical (unpaired) electrons. The number of aromatic nitrogens is 4. The number of hydrogen-bond acceptors (Lipinski definition) is 4. The van der Waals surface area contributed by atoms with Crippen LogP contribution in [0.2, 0.25) is 0 Å². The molecule has 92 valence electrons. The van der Waals surface area contributed by atoms with Gasteiger partial charge in [0.15, 0.2) is 5.82 Å². The van der Waals surface area contributed by atoms with E-state index in [2.05, 4.69) is 17.1 Å². The van der Waals surface area contributed by atoms with Crippen molar-refractivity contribution in [2.24, 2.45) is 12.8 Å². The Bertz CT molecular complexity index is 571. The summed E-state index contributed by atoms with van der Waals surface area (Å²) in [6.45, 7) is 2.12. The highest BCUT2D eigenvalue weighted by atomic mass is 16.1. The average Bonchev–Trinajstić information content (AvgIpc) is 2.75. The number of fused-ring (bicyclic) bond motifs is 1. The Kier molecular flexibility index (Phi) is 3.23. The van der Waals surface area contributed by atoms with Crippen LogP contribution in [0, 0.1) is 0 Å². The molecule has 2 heterocycles. The summed E-state index contributed by atoms with van der Waals surface area (Å²) in [6.07, 6.45) is 6.45. The van der Waals surface area contributed by atoms with Gasteiger partial charge < -0.3 is 10.3 Å². The van der Waals surface area contributed by atoms with Crippen molar-refractivity contribution in [2.45, 2.75) is 32.2 Å². The number of aryl methyl sites for hydroxylation is 1. The molecule has 2 N–H and O–H groups in total. The molecular weight excluding hydrogens is 218 g/mol. The zero-order valence-electron chi connectivity index (χ0n) is 10.1. The van der Waals surface area contributed by atoms with Crippen LogP contribution in [0.5, 0.6) is 0 Å². The Hall–Kier alpha value is -1.69. The van der Waals surface area contributed by atoms with Gasteiger partial charge in [-0.15, -0.1) is 10.2 Å². The van der Waals surface area contributed by atoms with E-state index in [1.807, 2.05) is 0 Å². The first-order valence-electron chi connectivity index (χ1n) is 5.81. The van der Waals surface area contributed by atoms with Gasteiger partial charge in [-0.25, -0.2) is 0 Å². The molecule has 0 aliphatic rings. The highest BCUT2D eigenvalue weighted by Gasteiger charge is 2.15. The fourth-order valence-corrected chi connectivity index (χ4v) is 1.79. The summed E-state index contributed by atoms with van der Waals surface area (Å²) in [5.41, 5.74) is 6.22. The van der Waals surface area contributed by atoms with Crippen molar-refractivity contribution >= 4 is 5.65 Å². The summed E-state index contributed by atoms with van der Waals surface area (Å²) in [7, 11) is 1.69. The first kappa shape index (κ1) is 11.8. The molecule has 17 heavy (non-hydrogen) atoms. The van der Waals surface area contributed by atoms with Crippen molar-refractivity contribution in [3.05, 3.63) is 28.6 Å². The molecule has 0 aliphatic heterocycles. The van der Waals surface area contributed by atoms with Crippen LogP contribution >= 0.6 is 0 Å². The summed E-state index contributed by atoms with van der Waals surface area (Å²) in [5, 5.41) is 7.93. The van der Waals surface area contributed by atoms with Crippen molar-refractivity contribution in [2.75, 3.05) is 0 Å². The van der Waals surface area contributed by atoms with Gasteiger partial charge in [0.1, 0.15) is 0 Å². The van der Waals surface area contributed by atoms with E-state index in [4.69, 9.17) is 5.73 Å². The van der Waals surface area contributed by atoms with Crippen molar-refractivity contribution in [1.29, 1.82) is 0 Å². The quantitative estimate of drug-likeness (QED) is 0.842. The number of hydrogen-bond donors (Lipinski definition) is 1. The Morgan fingerprint density at radius 1 is 1.41 bits per heavy atom. The smallest absolute Gasteiger partial charge is 0.295 e. The predicted molar refractivity (Wildman–Crippen MR) is 64.7 cm³/mol. The minimum Gasteiger partial charge on any atom is -0.321 e. The summed E-state index contributed by atoms with van der Waals surface area (Å²) < 4.78 is 3.16. The van der Waals surface area contributed by atoms with Gasteiger partial charge in [-0.1, -0.05) is 19.8 Å². The van der Waals surface area contributed by atoms with E-state index >= 15 is 0 Å². The van der Waals surface area contributed by atoms with Crippen LogP contribution in [0.4, 0.5) is 0 Å². The predicted octanol–water partition coefficient (Wildman–Crippen LogP) is 0.618. The lowest BCUT2D eigenvalue weighted by Crippen LogP contribution is -2.20. The molecule has 0 saturated heterocycles. The third-order valence-corrected chi connectivity index (χ3v) is 2.87. The lowest BCUT2D eigenvalue weighted by atomic mass is 10.1. The molecule has 2 aromatic heterocycles. The summed E-state index contributed by atoms with van der Waals surface area (Å²) in [6, 6.07) is -0.169. The second-order valence-electron chi connectivity index (χ2n) is 4.21. The second kappa shape index (κ2) is 4.67. The van der Waals surface area contributed by atoms with Gasteiger partial charge in [-0.05, 0) is 6.42 Å². The van der Waals surface area contributed by atoms with Gasteiger partial charge in [0.25, 0.3) is 5.56 Å². The number of unbranched alkanes of at least 4 members (excludes halogenated alkanes) is 1. The fourth-order valence-electron chi connectivity index (χ4n) is 1.79. The Morgan fingerprint density at radius 2 is 2.18 bits per heavy atom. The van der Waals surface area contributed by atoms with E-state index in [9.17, 15) is 4.79 Å². The highest BCUT2D eigenvalue weighted by Crippen LogP contribution is 2.14. The number of nitrogens with two attached hydrogens (primary N) is 1. The largest absolute Gasteiger partial charge is 0.321 e. The van der Waals surface area contributed by atoms with Gasteiger partial charge in [-0.3, -0.25) is 9.20 Å². The molecule has 6 nitrogen and oxygen atoms in total. The molecule has 0 saturated carbocycles. The first-order valence-corrected chi connectivity index (χ1v) is 5.81. The molecule has 0 aromatic carbocycles. The normalized spacial score (nSPS) is 13.1. The molecule has 0 amide bonds.